The molecule has 0 atom stereocenters. The van der Waals surface area contributed by atoms with E-state index in [0.29, 0.717) is 12.3 Å². The first-order chi connectivity index (χ1) is 10.2. The lowest BCUT2D eigenvalue weighted by atomic mass is 10.0. The van der Waals surface area contributed by atoms with Crippen molar-refractivity contribution in [2.75, 3.05) is 6.61 Å². The van der Waals surface area contributed by atoms with Crippen LogP contribution in [0.5, 0.6) is 0 Å². The van der Waals surface area contributed by atoms with Gasteiger partial charge in [0.25, 0.3) is 0 Å². The van der Waals surface area contributed by atoms with Gasteiger partial charge in [0, 0.05) is 18.2 Å². The predicted octanol–water partition coefficient (Wildman–Crippen LogP) is 3.61. The molecule has 4 nitrogen and oxygen atoms in total. The van der Waals surface area contributed by atoms with E-state index >= 15 is 0 Å². The van der Waals surface area contributed by atoms with Crippen LogP contribution < -0.4 is 0 Å². The van der Waals surface area contributed by atoms with Crippen LogP contribution in [0.2, 0.25) is 0 Å². The Labute approximate surface area is 125 Å². The lowest BCUT2D eigenvalue weighted by Gasteiger charge is -2.06. The molecular formula is C17H22N2O2. The number of aromatic nitrogens is 2. The lowest BCUT2D eigenvalue weighted by molar-refractivity contribution is 0.0512. The van der Waals surface area contributed by atoms with Crippen LogP contribution in [0.1, 0.15) is 42.7 Å². The van der Waals surface area contributed by atoms with E-state index in [2.05, 4.69) is 12.0 Å². The highest BCUT2D eigenvalue weighted by molar-refractivity contribution is 5.91. The highest BCUT2D eigenvalue weighted by atomic mass is 16.5. The number of unbranched alkanes of at least 4 members (excludes halogenated alkanes) is 1. The summed E-state index contributed by atoms with van der Waals surface area (Å²) in [5.74, 6) is -0.291. The normalized spacial score (nSPS) is 10.6. The molecule has 0 N–H and O–H groups in total. The SMILES string of the molecule is CCCCc1c(-c2ccccc2)nn(C)c1C(=O)OCC. The number of esters is 1. The van der Waals surface area contributed by atoms with Crippen LogP contribution >= 0.6 is 0 Å². The zero-order valence-corrected chi connectivity index (χ0v) is 12.9. The fourth-order valence-corrected chi connectivity index (χ4v) is 2.44. The van der Waals surface area contributed by atoms with Crippen molar-refractivity contribution < 1.29 is 9.53 Å². The van der Waals surface area contributed by atoms with Crippen LogP contribution in [0, 0.1) is 0 Å². The van der Waals surface area contributed by atoms with Gasteiger partial charge in [0.15, 0.2) is 0 Å². The molecule has 21 heavy (non-hydrogen) atoms. The first-order valence-electron chi connectivity index (χ1n) is 7.47. The number of benzene rings is 1. The van der Waals surface area contributed by atoms with Gasteiger partial charge in [-0.05, 0) is 19.8 Å². The van der Waals surface area contributed by atoms with Crippen molar-refractivity contribution in [2.24, 2.45) is 7.05 Å². The highest BCUT2D eigenvalue weighted by Crippen LogP contribution is 2.27. The number of hydrogen-bond acceptors (Lipinski definition) is 3. The second kappa shape index (κ2) is 7.07. The molecule has 0 saturated heterocycles. The zero-order valence-electron chi connectivity index (χ0n) is 12.9. The quantitative estimate of drug-likeness (QED) is 0.762. The minimum atomic E-state index is -0.291. The highest BCUT2D eigenvalue weighted by Gasteiger charge is 2.23. The first-order valence-corrected chi connectivity index (χ1v) is 7.47. The van der Waals surface area contributed by atoms with Crippen LogP contribution in [0.25, 0.3) is 11.3 Å². The Balaban J connectivity index is 2.50. The Morgan fingerprint density at radius 2 is 1.95 bits per heavy atom. The van der Waals surface area contributed by atoms with Gasteiger partial charge in [-0.3, -0.25) is 4.68 Å². The van der Waals surface area contributed by atoms with E-state index in [1.807, 2.05) is 37.3 Å². The summed E-state index contributed by atoms with van der Waals surface area (Å²) in [5.41, 5.74) is 3.48. The van der Waals surface area contributed by atoms with Crippen molar-refractivity contribution in [1.29, 1.82) is 0 Å². The molecule has 0 amide bonds. The number of ether oxygens (including phenoxy) is 1. The van der Waals surface area contributed by atoms with Gasteiger partial charge in [0.1, 0.15) is 5.69 Å². The third-order valence-corrected chi connectivity index (χ3v) is 3.44. The van der Waals surface area contributed by atoms with Gasteiger partial charge in [-0.2, -0.15) is 5.10 Å². The minimum absolute atomic E-state index is 0.291. The van der Waals surface area contributed by atoms with E-state index in [4.69, 9.17) is 4.74 Å². The third-order valence-electron chi connectivity index (χ3n) is 3.44. The van der Waals surface area contributed by atoms with E-state index < -0.39 is 0 Å². The van der Waals surface area contributed by atoms with Gasteiger partial charge in [-0.1, -0.05) is 43.7 Å². The first kappa shape index (κ1) is 15.3. The van der Waals surface area contributed by atoms with Crippen LogP contribution in [0.4, 0.5) is 0 Å². The molecule has 0 saturated carbocycles. The Kier molecular flexibility index (Phi) is 5.14. The van der Waals surface area contributed by atoms with Gasteiger partial charge < -0.3 is 4.74 Å². The number of carbonyl (C=O) groups excluding carboxylic acids is 1. The molecule has 0 spiro atoms. The van der Waals surface area contributed by atoms with Crippen molar-refractivity contribution in [1.82, 2.24) is 9.78 Å². The van der Waals surface area contributed by atoms with Crippen LogP contribution in [0.3, 0.4) is 0 Å². The topological polar surface area (TPSA) is 44.1 Å². The van der Waals surface area contributed by atoms with E-state index in [1.54, 1.807) is 11.7 Å². The summed E-state index contributed by atoms with van der Waals surface area (Å²) < 4.78 is 6.82. The molecule has 0 fully saturated rings. The van der Waals surface area contributed by atoms with Crippen molar-refractivity contribution in [3.05, 3.63) is 41.6 Å². The molecule has 0 aliphatic carbocycles. The maximum atomic E-state index is 12.2. The summed E-state index contributed by atoms with van der Waals surface area (Å²) >= 11 is 0. The molecule has 0 aliphatic heterocycles. The van der Waals surface area contributed by atoms with E-state index in [-0.39, 0.29) is 5.97 Å². The molecular weight excluding hydrogens is 264 g/mol. The zero-order chi connectivity index (χ0) is 15.2. The van der Waals surface area contributed by atoms with Crippen LogP contribution in [-0.4, -0.2) is 22.4 Å². The Morgan fingerprint density at radius 1 is 1.24 bits per heavy atom. The van der Waals surface area contributed by atoms with E-state index in [0.717, 1.165) is 36.1 Å². The van der Waals surface area contributed by atoms with Crippen molar-refractivity contribution >= 4 is 5.97 Å². The molecule has 1 heterocycles. The molecule has 2 rings (SSSR count). The summed E-state index contributed by atoms with van der Waals surface area (Å²) in [7, 11) is 1.80. The molecule has 112 valence electrons. The number of nitrogens with zero attached hydrogens (tertiary/aromatic N) is 2. The fourth-order valence-electron chi connectivity index (χ4n) is 2.44. The maximum absolute atomic E-state index is 12.2. The minimum Gasteiger partial charge on any atom is -0.461 e. The summed E-state index contributed by atoms with van der Waals surface area (Å²) in [4.78, 5) is 12.2. The van der Waals surface area contributed by atoms with Gasteiger partial charge in [0.2, 0.25) is 0 Å². The average Bonchev–Trinajstić information content (AvgIpc) is 2.83. The second-order valence-corrected chi connectivity index (χ2v) is 4.99. The summed E-state index contributed by atoms with van der Waals surface area (Å²) in [6, 6.07) is 9.99. The Morgan fingerprint density at radius 3 is 2.57 bits per heavy atom. The fraction of sp³-hybridized carbons (Fsp3) is 0.412. The molecule has 4 heteroatoms. The predicted molar refractivity (Wildman–Crippen MR) is 83.2 cm³/mol. The van der Waals surface area contributed by atoms with Crippen molar-refractivity contribution in [2.45, 2.75) is 33.1 Å². The molecule has 0 radical (unpaired) electrons. The average molecular weight is 286 g/mol. The largest absolute Gasteiger partial charge is 0.461 e. The smallest absolute Gasteiger partial charge is 0.356 e. The Hall–Kier alpha value is -2.10. The monoisotopic (exact) mass is 286 g/mol. The Bertz CT molecular complexity index is 603. The molecule has 0 unspecified atom stereocenters. The third kappa shape index (κ3) is 3.32. The number of rotatable bonds is 6. The molecule has 1 aromatic carbocycles. The number of aryl methyl sites for hydroxylation is 1. The number of carbonyl (C=O) groups is 1. The summed E-state index contributed by atoms with van der Waals surface area (Å²) in [5, 5.41) is 4.55. The van der Waals surface area contributed by atoms with Crippen LogP contribution in [-0.2, 0) is 18.2 Å². The van der Waals surface area contributed by atoms with E-state index in [9.17, 15) is 4.79 Å². The summed E-state index contributed by atoms with van der Waals surface area (Å²) in [6.07, 6.45) is 2.94. The maximum Gasteiger partial charge on any atom is 0.356 e. The standard InChI is InChI=1S/C17H22N2O2/c1-4-6-12-14-15(13-10-8-7-9-11-13)18-19(3)16(14)17(20)21-5-2/h7-11H,4-6,12H2,1-3H3. The second-order valence-electron chi connectivity index (χ2n) is 4.99. The van der Waals surface area contributed by atoms with Crippen LogP contribution in [0.15, 0.2) is 30.3 Å². The summed E-state index contributed by atoms with van der Waals surface area (Å²) in [6.45, 7) is 4.33. The van der Waals surface area contributed by atoms with Gasteiger partial charge in [-0.25, -0.2) is 4.79 Å². The van der Waals surface area contributed by atoms with Gasteiger partial charge in [0.05, 0.1) is 12.3 Å². The van der Waals surface area contributed by atoms with Crippen molar-refractivity contribution in [3.63, 3.8) is 0 Å². The van der Waals surface area contributed by atoms with E-state index in [1.165, 1.54) is 0 Å². The molecule has 0 aliphatic rings. The van der Waals surface area contributed by atoms with Crippen molar-refractivity contribution in [3.8, 4) is 11.3 Å². The van der Waals surface area contributed by atoms with Gasteiger partial charge >= 0.3 is 5.97 Å². The molecule has 0 bridgehead atoms. The number of hydrogen-bond donors (Lipinski definition) is 0. The van der Waals surface area contributed by atoms with Gasteiger partial charge in [-0.15, -0.1) is 0 Å². The lowest BCUT2D eigenvalue weighted by Crippen LogP contribution is -2.12. The molecule has 1 aromatic heterocycles. The molecule has 2 aromatic rings.